The van der Waals surface area contributed by atoms with E-state index in [4.69, 9.17) is 9.47 Å². The van der Waals surface area contributed by atoms with E-state index in [2.05, 4.69) is 0 Å². The summed E-state index contributed by atoms with van der Waals surface area (Å²) in [6.07, 6.45) is 5.31. The van der Waals surface area contributed by atoms with Gasteiger partial charge in [0.1, 0.15) is 23.1 Å². The smallest absolute Gasteiger partial charge is 0.254 e. The molecule has 0 bridgehead atoms. The molecule has 2 aromatic carbocycles. The molecule has 43 heavy (non-hydrogen) atoms. The first-order chi connectivity index (χ1) is 20.4. The predicted molar refractivity (Wildman–Crippen MR) is 165 cm³/mol. The van der Waals surface area contributed by atoms with E-state index in [1.165, 1.54) is 12.1 Å². The minimum Gasteiger partial charge on any atom is -0.490 e. The van der Waals surface area contributed by atoms with Crippen LogP contribution in [0.25, 0.3) is 11.1 Å². The Hall–Kier alpha value is -3.65. The number of amides is 1. The third kappa shape index (κ3) is 6.35. The number of hydrogen-bond donors (Lipinski definition) is 1. The number of aryl methyl sites for hydroxylation is 2. The molecule has 1 amide bonds. The van der Waals surface area contributed by atoms with Crippen LogP contribution < -0.4 is 15.0 Å². The molecule has 5 rings (SSSR count). The normalized spacial score (nSPS) is 19.2. The van der Waals surface area contributed by atoms with Gasteiger partial charge in [-0.1, -0.05) is 13.0 Å². The number of pyridine rings is 1. The van der Waals surface area contributed by atoms with Gasteiger partial charge in [-0.15, -0.1) is 0 Å². The first-order valence-electron chi connectivity index (χ1n) is 15.4. The van der Waals surface area contributed by atoms with Crippen molar-refractivity contribution in [1.82, 2.24) is 9.47 Å². The van der Waals surface area contributed by atoms with Crippen molar-refractivity contribution in [3.63, 3.8) is 0 Å². The number of hydrogen-bond acceptors (Lipinski definition) is 5. The summed E-state index contributed by atoms with van der Waals surface area (Å²) in [6, 6.07) is 10.2. The molecule has 1 saturated carbocycles. The molecular formula is C35H43FN2O5. The topological polar surface area (TPSA) is 81.0 Å². The summed E-state index contributed by atoms with van der Waals surface area (Å²) in [5, 5.41) is 11.0. The summed E-state index contributed by atoms with van der Waals surface area (Å²) in [7, 11) is 1.75. The molecule has 0 atom stereocenters. The molecule has 8 heteroatoms. The molecule has 2 heterocycles. The fourth-order valence-electron chi connectivity index (χ4n) is 6.59. The van der Waals surface area contributed by atoms with Gasteiger partial charge in [0.25, 0.3) is 5.56 Å². The van der Waals surface area contributed by atoms with Crippen molar-refractivity contribution in [1.29, 1.82) is 0 Å². The standard InChI is InChI=1S/C35H43FN2O5/c1-7-28-33(27-19-23(35(4,5)41)10-15-29(27)43-34-21(2)17-24(36)18-22(34)3)30(20-32(40)37(28)6)42-26-13-11-25(12-14-26)38-16-8-9-31(38)39/h10,15,17-20,25-26,41H,7-9,11-14,16H2,1-6H3. The Morgan fingerprint density at radius 3 is 2.26 bits per heavy atom. The summed E-state index contributed by atoms with van der Waals surface area (Å²) >= 11 is 0. The van der Waals surface area contributed by atoms with Crippen LogP contribution >= 0.6 is 0 Å². The van der Waals surface area contributed by atoms with Crippen LogP contribution in [0.1, 0.15) is 81.7 Å². The number of carbonyl (C=O) groups excluding carboxylic acids is 1. The SMILES string of the molecule is CCc1c(-c2cc(C(C)(C)O)ccc2Oc2c(C)cc(F)cc2C)c(OC2CCC(N3CCCC3=O)CC2)cc(=O)n1C. The first kappa shape index (κ1) is 30.8. The summed E-state index contributed by atoms with van der Waals surface area (Å²) in [6.45, 7) is 9.89. The van der Waals surface area contributed by atoms with E-state index < -0.39 is 5.60 Å². The maximum Gasteiger partial charge on any atom is 0.254 e. The van der Waals surface area contributed by atoms with Gasteiger partial charge in [0.2, 0.25) is 5.91 Å². The van der Waals surface area contributed by atoms with Crippen LogP contribution in [-0.4, -0.2) is 39.2 Å². The molecule has 2 aliphatic rings. The zero-order valence-electron chi connectivity index (χ0n) is 26.1. The number of benzene rings is 2. The lowest BCUT2D eigenvalue weighted by molar-refractivity contribution is -0.130. The highest BCUT2D eigenvalue weighted by molar-refractivity contribution is 5.79. The highest BCUT2D eigenvalue weighted by atomic mass is 19.1. The third-order valence-electron chi connectivity index (χ3n) is 8.94. The Bertz CT molecular complexity index is 1560. The highest BCUT2D eigenvalue weighted by Crippen LogP contribution is 2.44. The molecule has 1 saturated heterocycles. The van der Waals surface area contributed by atoms with Crippen molar-refractivity contribution < 1.29 is 23.8 Å². The van der Waals surface area contributed by atoms with Crippen LogP contribution in [0.3, 0.4) is 0 Å². The number of aromatic nitrogens is 1. The molecule has 1 aromatic heterocycles. The molecule has 7 nitrogen and oxygen atoms in total. The van der Waals surface area contributed by atoms with Crippen LogP contribution in [0.2, 0.25) is 0 Å². The number of rotatable bonds is 8. The van der Waals surface area contributed by atoms with E-state index in [9.17, 15) is 19.1 Å². The average Bonchev–Trinajstić information content (AvgIpc) is 3.38. The number of ether oxygens (including phenoxy) is 2. The zero-order chi connectivity index (χ0) is 31.1. The largest absolute Gasteiger partial charge is 0.490 e. The van der Waals surface area contributed by atoms with Gasteiger partial charge in [0.05, 0.1) is 11.7 Å². The predicted octanol–water partition coefficient (Wildman–Crippen LogP) is 6.70. The Morgan fingerprint density at radius 1 is 1.00 bits per heavy atom. The van der Waals surface area contributed by atoms with Gasteiger partial charge >= 0.3 is 0 Å². The van der Waals surface area contributed by atoms with Crippen molar-refractivity contribution in [3.05, 3.63) is 75.0 Å². The van der Waals surface area contributed by atoms with Gasteiger partial charge in [-0.2, -0.15) is 0 Å². The maximum absolute atomic E-state index is 14.1. The second-order valence-corrected chi connectivity index (χ2v) is 12.6. The molecule has 0 unspecified atom stereocenters. The van der Waals surface area contributed by atoms with Crippen LogP contribution in [0.5, 0.6) is 17.2 Å². The number of carbonyl (C=O) groups is 1. The number of aliphatic hydroxyl groups is 1. The number of likely N-dealkylation sites (tertiary alicyclic amines) is 1. The van der Waals surface area contributed by atoms with E-state index in [-0.39, 0.29) is 29.4 Å². The van der Waals surface area contributed by atoms with E-state index in [1.54, 1.807) is 45.4 Å². The van der Waals surface area contributed by atoms with Crippen molar-refractivity contribution in [2.75, 3.05) is 6.54 Å². The summed E-state index contributed by atoms with van der Waals surface area (Å²) in [4.78, 5) is 27.5. The molecule has 230 valence electrons. The van der Waals surface area contributed by atoms with Gasteiger partial charge in [-0.05, 0) is 107 Å². The maximum atomic E-state index is 14.1. The van der Waals surface area contributed by atoms with E-state index in [0.29, 0.717) is 52.3 Å². The Kier molecular flexibility index (Phi) is 8.70. The molecule has 1 aliphatic heterocycles. The quantitative estimate of drug-likeness (QED) is 0.316. The van der Waals surface area contributed by atoms with Crippen molar-refractivity contribution in [2.45, 2.75) is 97.3 Å². The molecular weight excluding hydrogens is 547 g/mol. The van der Waals surface area contributed by atoms with E-state index >= 15 is 0 Å². The lowest BCUT2D eigenvalue weighted by Gasteiger charge is -2.35. The third-order valence-corrected chi connectivity index (χ3v) is 8.94. The molecule has 2 fully saturated rings. The van der Waals surface area contributed by atoms with Crippen LogP contribution in [-0.2, 0) is 23.9 Å². The van der Waals surface area contributed by atoms with E-state index in [0.717, 1.165) is 49.9 Å². The first-order valence-corrected chi connectivity index (χ1v) is 15.4. The van der Waals surface area contributed by atoms with Crippen molar-refractivity contribution >= 4 is 5.91 Å². The van der Waals surface area contributed by atoms with Gasteiger partial charge in [0.15, 0.2) is 0 Å². The van der Waals surface area contributed by atoms with Crippen molar-refractivity contribution in [3.8, 4) is 28.4 Å². The Morgan fingerprint density at radius 2 is 1.67 bits per heavy atom. The van der Waals surface area contributed by atoms with Crippen LogP contribution in [0.4, 0.5) is 4.39 Å². The zero-order valence-corrected chi connectivity index (χ0v) is 26.1. The monoisotopic (exact) mass is 590 g/mol. The average molecular weight is 591 g/mol. The lowest BCUT2D eigenvalue weighted by atomic mass is 9.91. The minimum atomic E-state index is -1.13. The van der Waals surface area contributed by atoms with E-state index in [1.807, 2.05) is 30.0 Å². The highest BCUT2D eigenvalue weighted by Gasteiger charge is 2.33. The molecule has 1 aliphatic carbocycles. The van der Waals surface area contributed by atoms with Crippen molar-refractivity contribution in [2.24, 2.45) is 7.05 Å². The molecule has 1 N–H and O–H groups in total. The lowest BCUT2D eigenvalue weighted by Crippen LogP contribution is -2.40. The number of halogens is 1. The van der Waals surface area contributed by atoms with Crippen LogP contribution in [0, 0.1) is 19.7 Å². The Balaban J connectivity index is 1.58. The van der Waals surface area contributed by atoms with Gasteiger partial charge in [-0.3, -0.25) is 9.59 Å². The van der Waals surface area contributed by atoms with Gasteiger partial charge < -0.3 is 24.0 Å². The van der Waals surface area contributed by atoms with Crippen LogP contribution in [0.15, 0.2) is 41.2 Å². The number of nitrogens with zero attached hydrogens (tertiary/aromatic N) is 2. The summed E-state index contributed by atoms with van der Waals surface area (Å²) in [5.41, 5.74) is 2.91. The molecule has 0 spiro atoms. The second-order valence-electron chi connectivity index (χ2n) is 12.6. The minimum absolute atomic E-state index is 0.104. The Labute approximate surface area is 253 Å². The van der Waals surface area contributed by atoms with Gasteiger partial charge in [-0.25, -0.2) is 4.39 Å². The fourth-order valence-corrected chi connectivity index (χ4v) is 6.59. The fraction of sp³-hybridized carbons (Fsp3) is 0.486. The second kappa shape index (κ2) is 12.2. The summed E-state index contributed by atoms with van der Waals surface area (Å²) < 4.78 is 28.9. The molecule has 0 radical (unpaired) electrons. The van der Waals surface area contributed by atoms with Gasteiger partial charge in [0, 0.05) is 48.9 Å². The molecule has 3 aromatic rings. The summed E-state index contributed by atoms with van der Waals surface area (Å²) in [5.74, 6) is 1.47.